The lowest BCUT2D eigenvalue weighted by atomic mass is 10.0. The predicted molar refractivity (Wildman–Crippen MR) is 110 cm³/mol. The Balaban J connectivity index is 1.73. The Morgan fingerprint density at radius 3 is 2.72 bits per heavy atom. The van der Waals surface area contributed by atoms with Crippen LogP contribution in [0.4, 0.5) is 11.5 Å². The van der Waals surface area contributed by atoms with E-state index in [0.29, 0.717) is 36.0 Å². The number of anilines is 2. The molecular weight excluding hydrogens is 421 g/mol. The molecule has 0 aliphatic carbocycles. The monoisotopic (exact) mass is 441 g/mol. The number of H-pyrrole nitrogens is 1. The third-order valence-electron chi connectivity index (χ3n) is 4.93. The number of ether oxygens (including phenoxy) is 1. The number of hydrogen-bond donors (Lipinski definition) is 4. The average molecular weight is 442 g/mol. The van der Waals surface area contributed by atoms with Crippen LogP contribution in [-0.2, 0) is 4.74 Å². The van der Waals surface area contributed by atoms with E-state index in [-0.39, 0.29) is 40.0 Å². The van der Waals surface area contributed by atoms with Crippen LogP contribution in [0.15, 0.2) is 12.3 Å². The van der Waals surface area contributed by atoms with Gasteiger partial charge in [-0.3, -0.25) is 4.79 Å². The van der Waals surface area contributed by atoms with Gasteiger partial charge in [0.05, 0.1) is 39.6 Å². The number of carboxylic acids is 1. The summed E-state index contributed by atoms with van der Waals surface area (Å²) < 4.78 is 5.56. The second-order valence-electron chi connectivity index (χ2n) is 6.78. The van der Waals surface area contributed by atoms with Crippen molar-refractivity contribution in [2.24, 2.45) is 0 Å². The van der Waals surface area contributed by atoms with Gasteiger partial charge >= 0.3 is 5.97 Å². The number of halogens is 2. The molecule has 3 rings (SSSR count). The number of amides is 1. The van der Waals surface area contributed by atoms with E-state index in [1.54, 1.807) is 14.0 Å². The summed E-state index contributed by atoms with van der Waals surface area (Å²) in [7, 11) is 1.55. The van der Waals surface area contributed by atoms with Crippen molar-refractivity contribution in [2.45, 2.75) is 25.5 Å². The van der Waals surface area contributed by atoms with Gasteiger partial charge in [-0.15, -0.1) is 0 Å². The van der Waals surface area contributed by atoms with Crippen LogP contribution >= 0.6 is 23.2 Å². The quantitative estimate of drug-likeness (QED) is 0.559. The van der Waals surface area contributed by atoms with E-state index in [1.165, 1.54) is 12.3 Å². The Hall–Kier alpha value is -2.49. The fourth-order valence-electron chi connectivity index (χ4n) is 3.31. The Morgan fingerprint density at radius 1 is 1.41 bits per heavy atom. The van der Waals surface area contributed by atoms with Crippen LogP contribution in [0.2, 0.25) is 10.0 Å². The second-order valence-corrected chi connectivity index (χ2v) is 7.53. The second kappa shape index (κ2) is 8.48. The van der Waals surface area contributed by atoms with Gasteiger partial charge in [-0.05, 0) is 19.4 Å². The highest BCUT2D eigenvalue weighted by Gasteiger charge is 2.32. The summed E-state index contributed by atoms with van der Waals surface area (Å²) in [6.07, 6.45) is 1.54. The molecule has 0 radical (unpaired) electrons. The molecule has 1 fully saturated rings. The van der Waals surface area contributed by atoms with Gasteiger partial charge < -0.3 is 30.8 Å². The number of methoxy groups -OCH3 is 1. The number of pyridine rings is 1. The fourth-order valence-corrected chi connectivity index (χ4v) is 3.73. The van der Waals surface area contributed by atoms with Crippen molar-refractivity contribution in [1.29, 1.82) is 0 Å². The highest BCUT2D eigenvalue weighted by atomic mass is 35.5. The smallest absolute Gasteiger partial charge is 0.337 e. The van der Waals surface area contributed by atoms with Crippen LogP contribution in [0.25, 0.3) is 0 Å². The number of aromatic amines is 1. The number of aromatic carboxylic acids is 1. The Kier molecular flexibility index (Phi) is 6.21. The number of nitrogens with zero attached hydrogens (tertiary/aromatic N) is 2. The maximum Gasteiger partial charge on any atom is 0.337 e. The number of rotatable bonds is 5. The summed E-state index contributed by atoms with van der Waals surface area (Å²) in [6.45, 7) is 2.68. The maximum absolute atomic E-state index is 12.6. The lowest BCUT2D eigenvalue weighted by Gasteiger charge is -2.38. The molecule has 1 saturated heterocycles. The minimum absolute atomic E-state index is 0.00646. The number of aromatic nitrogens is 2. The maximum atomic E-state index is 12.6. The standard InChI is InChI=1S/C18H21Cl2N5O4/c1-8-14(19)15(20)16(23-8)17(26)24-11-3-4-25(7-12(11)29-2)13-5-9(18(27)28)10(21)6-22-13/h5-6,11-12,23H,3-4,7,21H2,1-2H3,(H,24,26)(H,27,28). The van der Waals surface area contributed by atoms with Crippen LogP contribution in [0.3, 0.4) is 0 Å². The zero-order chi connectivity index (χ0) is 21.3. The summed E-state index contributed by atoms with van der Waals surface area (Å²) in [5.74, 6) is -1.00. The number of hydrogen-bond acceptors (Lipinski definition) is 6. The zero-order valence-electron chi connectivity index (χ0n) is 15.8. The van der Waals surface area contributed by atoms with Crippen LogP contribution in [0.5, 0.6) is 0 Å². The first kappa shape index (κ1) is 21.2. The molecule has 2 aromatic heterocycles. The number of carbonyl (C=O) groups is 2. The first-order chi connectivity index (χ1) is 13.7. The van der Waals surface area contributed by atoms with Crippen molar-refractivity contribution < 1.29 is 19.4 Å². The highest BCUT2D eigenvalue weighted by Crippen LogP contribution is 2.29. The van der Waals surface area contributed by atoms with Crippen LogP contribution in [0, 0.1) is 6.92 Å². The number of nitrogens with two attached hydrogens (primary N) is 1. The zero-order valence-corrected chi connectivity index (χ0v) is 17.3. The summed E-state index contributed by atoms with van der Waals surface area (Å²) in [4.78, 5) is 33.0. The first-order valence-corrected chi connectivity index (χ1v) is 9.59. The third-order valence-corrected chi connectivity index (χ3v) is 5.88. The minimum Gasteiger partial charge on any atom is -0.478 e. The van der Waals surface area contributed by atoms with Crippen molar-refractivity contribution in [3.05, 3.63) is 39.3 Å². The number of carboxylic acid groups (broad SMARTS) is 1. The molecule has 1 amide bonds. The van der Waals surface area contributed by atoms with E-state index in [2.05, 4.69) is 15.3 Å². The molecule has 0 aromatic carbocycles. The first-order valence-electron chi connectivity index (χ1n) is 8.83. The Morgan fingerprint density at radius 2 is 2.14 bits per heavy atom. The molecule has 29 heavy (non-hydrogen) atoms. The Bertz CT molecular complexity index is 949. The van der Waals surface area contributed by atoms with Crippen LogP contribution in [0.1, 0.15) is 33.0 Å². The number of carbonyl (C=O) groups excluding carboxylic acids is 1. The number of aryl methyl sites for hydroxylation is 1. The van der Waals surface area contributed by atoms with Crippen LogP contribution < -0.4 is 16.0 Å². The molecule has 3 heterocycles. The number of nitrogen functional groups attached to an aromatic ring is 1. The van der Waals surface area contributed by atoms with Crippen molar-refractivity contribution in [2.75, 3.05) is 30.8 Å². The molecule has 9 nitrogen and oxygen atoms in total. The van der Waals surface area contributed by atoms with E-state index in [0.717, 1.165) is 0 Å². The lowest BCUT2D eigenvalue weighted by molar-refractivity contribution is 0.0538. The normalized spacial score (nSPS) is 19.2. The van der Waals surface area contributed by atoms with E-state index in [9.17, 15) is 14.7 Å². The molecule has 156 valence electrons. The van der Waals surface area contributed by atoms with Gasteiger partial charge in [-0.1, -0.05) is 23.2 Å². The Labute approximate surface area is 177 Å². The van der Waals surface area contributed by atoms with Gasteiger partial charge in [0.2, 0.25) is 0 Å². The molecule has 1 aliphatic heterocycles. The number of piperidine rings is 1. The largest absolute Gasteiger partial charge is 0.478 e. The van der Waals surface area contributed by atoms with Gasteiger partial charge in [0.15, 0.2) is 0 Å². The van der Waals surface area contributed by atoms with Gasteiger partial charge in [-0.2, -0.15) is 0 Å². The van der Waals surface area contributed by atoms with Crippen molar-refractivity contribution >= 4 is 46.6 Å². The van der Waals surface area contributed by atoms with Gasteiger partial charge in [0, 0.05) is 25.9 Å². The van der Waals surface area contributed by atoms with Gasteiger partial charge in [-0.25, -0.2) is 9.78 Å². The highest BCUT2D eigenvalue weighted by molar-refractivity contribution is 6.44. The van der Waals surface area contributed by atoms with E-state index in [1.807, 2.05) is 4.90 Å². The topological polar surface area (TPSA) is 134 Å². The summed E-state index contributed by atoms with van der Waals surface area (Å²) in [5, 5.41) is 12.7. The molecule has 2 aromatic rings. The molecule has 2 atom stereocenters. The van der Waals surface area contributed by atoms with Crippen molar-refractivity contribution in [3.8, 4) is 0 Å². The van der Waals surface area contributed by atoms with Gasteiger partial charge in [0.1, 0.15) is 11.5 Å². The molecular formula is C18H21Cl2N5O4. The SMILES string of the molecule is COC1CN(c2cc(C(=O)O)c(N)cn2)CCC1NC(=O)c1[nH]c(C)c(Cl)c1Cl. The van der Waals surface area contributed by atoms with E-state index >= 15 is 0 Å². The molecule has 2 unspecified atom stereocenters. The molecule has 0 spiro atoms. The summed E-state index contributed by atoms with van der Waals surface area (Å²) in [6, 6.07) is 1.17. The molecule has 11 heteroatoms. The van der Waals surface area contributed by atoms with Crippen molar-refractivity contribution in [1.82, 2.24) is 15.3 Å². The minimum atomic E-state index is -1.12. The molecule has 0 bridgehead atoms. The number of nitrogens with one attached hydrogen (secondary N) is 2. The fraction of sp³-hybridized carbons (Fsp3) is 0.389. The molecule has 1 aliphatic rings. The van der Waals surface area contributed by atoms with E-state index < -0.39 is 5.97 Å². The summed E-state index contributed by atoms with van der Waals surface area (Å²) in [5.41, 5.74) is 6.59. The summed E-state index contributed by atoms with van der Waals surface area (Å²) >= 11 is 12.2. The van der Waals surface area contributed by atoms with Crippen LogP contribution in [-0.4, -0.2) is 59.3 Å². The molecule has 0 saturated carbocycles. The lowest BCUT2D eigenvalue weighted by Crippen LogP contribution is -2.55. The predicted octanol–water partition coefficient (Wildman–Crippen LogP) is 2.33. The van der Waals surface area contributed by atoms with Crippen molar-refractivity contribution in [3.63, 3.8) is 0 Å². The third kappa shape index (κ3) is 4.26. The average Bonchev–Trinajstić information content (AvgIpc) is 2.96. The van der Waals surface area contributed by atoms with E-state index in [4.69, 9.17) is 33.7 Å². The van der Waals surface area contributed by atoms with Gasteiger partial charge in [0.25, 0.3) is 5.91 Å². The molecule has 5 N–H and O–H groups in total.